The number of hydrogen-bond acceptors (Lipinski definition) is 2. The third-order valence-electron chi connectivity index (χ3n) is 4.11. The standard InChI is InChI=1S/C17H20ClN3O/c1-13-5-4-8-20(10-13)17(22)15-9-19-21(12-15)11-14-6-2-3-7-16(14)18/h2-3,6-7,9,12-13H,4-5,8,10-11H2,1H3. The SMILES string of the molecule is CC1CCCN(C(=O)c2cnn(Cc3ccccc3Cl)c2)C1. The number of carbonyl (C=O) groups excluding carboxylic acids is 1. The van der Waals surface area contributed by atoms with Crippen LogP contribution in [0.1, 0.15) is 35.7 Å². The molecule has 1 unspecified atom stereocenters. The first-order valence-corrected chi connectivity index (χ1v) is 8.06. The van der Waals surface area contributed by atoms with Gasteiger partial charge < -0.3 is 4.90 Å². The van der Waals surface area contributed by atoms with E-state index in [2.05, 4.69) is 12.0 Å². The number of carbonyl (C=O) groups is 1. The monoisotopic (exact) mass is 317 g/mol. The van der Waals surface area contributed by atoms with Crippen LogP contribution in [0.2, 0.25) is 5.02 Å². The molecule has 1 amide bonds. The lowest BCUT2D eigenvalue weighted by Crippen LogP contribution is -2.38. The Balaban J connectivity index is 1.71. The summed E-state index contributed by atoms with van der Waals surface area (Å²) in [7, 11) is 0. The number of amides is 1. The normalized spacial score (nSPS) is 18.5. The van der Waals surface area contributed by atoms with Gasteiger partial charge in [0, 0.05) is 24.3 Å². The largest absolute Gasteiger partial charge is 0.338 e. The molecule has 1 saturated heterocycles. The molecule has 0 saturated carbocycles. The number of rotatable bonds is 3. The summed E-state index contributed by atoms with van der Waals surface area (Å²) in [5, 5.41) is 5.02. The van der Waals surface area contributed by atoms with Crippen LogP contribution in [0, 0.1) is 5.92 Å². The van der Waals surface area contributed by atoms with Crippen molar-refractivity contribution in [2.75, 3.05) is 13.1 Å². The predicted octanol–water partition coefficient (Wildman–Crippen LogP) is 3.46. The summed E-state index contributed by atoms with van der Waals surface area (Å²) >= 11 is 6.16. The summed E-state index contributed by atoms with van der Waals surface area (Å²) in [6.45, 7) is 4.46. The minimum absolute atomic E-state index is 0.0805. The number of aromatic nitrogens is 2. The number of benzene rings is 1. The molecule has 0 radical (unpaired) electrons. The predicted molar refractivity (Wildman–Crippen MR) is 87.1 cm³/mol. The molecule has 1 aromatic heterocycles. The van der Waals surface area contributed by atoms with Gasteiger partial charge in [0.15, 0.2) is 0 Å². The van der Waals surface area contributed by atoms with E-state index in [-0.39, 0.29) is 5.91 Å². The molecule has 0 bridgehead atoms. The fourth-order valence-electron chi connectivity index (χ4n) is 2.92. The van der Waals surface area contributed by atoms with E-state index in [1.807, 2.05) is 35.4 Å². The van der Waals surface area contributed by atoms with Crippen LogP contribution in [0.25, 0.3) is 0 Å². The van der Waals surface area contributed by atoms with Crippen LogP contribution in [0.4, 0.5) is 0 Å². The first-order valence-electron chi connectivity index (χ1n) is 7.68. The van der Waals surface area contributed by atoms with E-state index in [0.29, 0.717) is 18.0 Å². The summed E-state index contributed by atoms with van der Waals surface area (Å²) < 4.78 is 1.77. The second kappa shape index (κ2) is 6.53. The van der Waals surface area contributed by atoms with Crippen LogP contribution in [-0.2, 0) is 6.54 Å². The van der Waals surface area contributed by atoms with Crippen molar-refractivity contribution in [1.29, 1.82) is 0 Å². The number of hydrogen-bond donors (Lipinski definition) is 0. The average molecular weight is 318 g/mol. The van der Waals surface area contributed by atoms with Crippen LogP contribution in [0.5, 0.6) is 0 Å². The Morgan fingerprint density at radius 3 is 3.00 bits per heavy atom. The molecule has 2 heterocycles. The zero-order valence-electron chi connectivity index (χ0n) is 12.7. The van der Waals surface area contributed by atoms with Crippen molar-refractivity contribution in [3.8, 4) is 0 Å². The molecule has 0 N–H and O–H groups in total. The Morgan fingerprint density at radius 1 is 1.41 bits per heavy atom. The van der Waals surface area contributed by atoms with Crippen molar-refractivity contribution in [3.63, 3.8) is 0 Å². The van der Waals surface area contributed by atoms with Crippen molar-refractivity contribution < 1.29 is 4.79 Å². The van der Waals surface area contributed by atoms with E-state index in [9.17, 15) is 4.79 Å². The second-order valence-electron chi connectivity index (χ2n) is 6.02. The van der Waals surface area contributed by atoms with E-state index in [1.54, 1.807) is 10.9 Å². The number of nitrogens with zero attached hydrogens (tertiary/aromatic N) is 3. The van der Waals surface area contributed by atoms with Gasteiger partial charge in [-0.25, -0.2) is 0 Å². The smallest absolute Gasteiger partial charge is 0.257 e. The van der Waals surface area contributed by atoms with E-state index < -0.39 is 0 Å². The fourth-order valence-corrected chi connectivity index (χ4v) is 3.11. The molecule has 1 fully saturated rings. The maximum atomic E-state index is 12.5. The Kier molecular flexibility index (Phi) is 4.48. The molecule has 1 atom stereocenters. The average Bonchev–Trinajstić information content (AvgIpc) is 2.97. The van der Waals surface area contributed by atoms with Crippen LogP contribution in [0.3, 0.4) is 0 Å². The van der Waals surface area contributed by atoms with Gasteiger partial charge in [0.05, 0.1) is 18.3 Å². The molecule has 1 aliphatic rings. The van der Waals surface area contributed by atoms with E-state index in [0.717, 1.165) is 30.1 Å². The summed E-state index contributed by atoms with van der Waals surface area (Å²) in [4.78, 5) is 14.5. The minimum Gasteiger partial charge on any atom is -0.338 e. The number of piperidine rings is 1. The second-order valence-corrected chi connectivity index (χ2v) is 6.42. The quantitative estimate of drug-likeness (QED) is 0.869. The third kappa shape index (κ3) is 3.33. The van der Waals surface area contributed by atoms with Crippen LogP contribution in [0.15, 0.2) is 36.7 Å². The summed E-state index contributed by atoms with van der Waals surface area (Å²) in [5.74, 6) is 0.660. The van der Waals surface area contributed by atoms with Crippen LogP contribution >= 0.6 is 11.6 Å². The molecule has 0 aliphatic carbocycles. The Morgan fingerprint density at radius 2 is 2.23 bits per heavy atom. The molecule has 1 aromatic carbocycles. The maximum Gasteiger partial charge on any atom is 0.257 e. The lowest BCUT2D eigenvalue weighted by Gasteiger charge is -2.30. The topological polar surface area (TPSA) is 38.1 Å². The Labute approximate surface area is 135 Å². The first-order chi connectivity index (χ1) is 10.6. The molecule has 22 heavy (non-hydrogen) atoms. The molecule has 2 aromatic rings. The zero-order valence-corrected chi connectivity index (χ0v) is 13.5. The molecule has 4 nitrogen and oxygen atoms in total. The highest BCUT2D eigenvalue weighted by molar-refractivity contribution is 6.31. The first kappa shape index (κ1) is 15.1. The number of halogens is 1. The van der Waals surface area contributed by atoms with Crippen LogP contribution < -0.4 is 0 Å². The summed E-state index contributed by atoms with van der Waals surface area (Å²) in [6, 6.07) is 7.69. The molecule has 116 valence electrons. The van der Waals surface area contributed by atoms with Gasteiger partial charge in [-0.15, -0.1) is 0 Å². The highest BCUT2D eigenvalue weighted by Crippen LogP contribution is 2.19. The lowest BCUT2D eigenvalue weighted by atomic mass is 10.00. The Hall–Kier alpha value is -1.81. The molecular weight excluding hydrogens is 298 g/mol. The van der Waals surface area contributed by atoms with Gasteiger partial charge in [0.25, 0.3) is 5.91 Å². The highest BCUT2D eigenvalue weighted by atomic mass is 35.5. The van der Waals surface area contributed by atoms with Gasteiger partial charge in [0.1, 0.15) is 0 Å². The molecule has 1 aliphatic heterocycles. The summed E-state index contributed by atoms with van der Waals surface area (Å²) in [6.07, 6.45) is 5.75. The molecular formula is C17H20ClN3O. The number of likely N-dealkylation sites (tertiary alicyclic amines) is 1. The van der Waals surface area contributed by atoms with E-state index in [4.69, 9.17) is 11.6 Å². The highest BCUT2D eigenvalue weighted by Gasteiger charge is 2.22. The van der Waals surface area contributed by atoms with Gasteiger partial charge >= 0.3 is 0 Å². The molecule has 5 heteroatoms. The minimum atomic E-state index is 0.0805. The van der Waals surface area contributed by atoms with Gasteiger partial charge in [-0.3, -0.25) is 9.48 Å². The summed E-state index contributed by atoms with van der Waals surface area (Å²) in [5.41, 5.74) is 1.65. The third-order valence-corrected chi connectivity index (χ3v) is 4.48. The van der Waals surface area contributed by atoms with Crippen molar-refractivity contribution in [2.24, 2.45) is 5.92 Å². The van der Waals surface area contributed by atoms with E-state index >= 15 is 0 Å². The fraction of sp³-hybridized carbons (Fsp3) is 0.412. The van der Waals surface area contributed by atoms with Gasteiger partial charge in [-0.05, 0) is 30.4 Å². The van der Waals surface area contributed by atoms with Crippen molar-refractivity contribution in [2.45, 2.75) is 26.3 Å². The zero-order chi connectivity index (χ0) is 15.5. The van der Waals surface area contributed by atoms with Gasteiger partial charge in [-0.1, -0.05) is 36.7 Å². The van der Waals surface area contributed by atoms with Crippen molar-refractivity contribution in [1.82, 2.24) is 14.7 Å². The molecule has 0 spiro atoms. The van der Waals surface area contributed by atoms with Gasteiger partial charge in [-0.2, -0.15) is 5.10 Å². The van der Waals surface area contributed by atoms with Gasteiger partial charge in [0.2, 0.25) is 0 Å². The van der Waals surface area contributed by atoms with E-state index in [1.165, 1.54) is 6.42 Å². The van der Waals surface area contributed by atoms with Crippen molar-refractivity contribution in [3.05, 3.63) is 52.8 Å². The lowest BCUT2D eigenvalue weighted by molar-refractivity contribution is 0.0683. The van der Waals surface area contributed by atoms with Crippen LogP contribution in [-0.4, -0.2) is 33.7 Å². The maximum absolute atomic E-state index is 12.5. The molecule has 3 rings (SSSR count). The Bertz CT molecular complexity index is 667. The van der Waals surface area contributed by atoms with Crippen molar-refractivity contribution >= 4 is 17.5 Å².